The first-order valence-electron chi connectivity index (χ1n) is 4.11. The molecule has 0 spiro atoms. The summed E-state index contributed by atoms with van der Waals surface area (Å²) in [7, 11) is 0. The topological polar surface area (TPSA) is 74.2 Å². The van der Waals surface area contributed by atoms with Crippen LogP contribution in [0.15, 0.2) is 12.4 Å². The van der Waals surface area contributed by atoms with Gasteiger partial charge in [-0.1, -0.05) is 0 Å². The van der Waals surface area contributed by atoms with Crippen LogP contribution in [0.3, 0.4) is 0 Å². The van der Waals surface area contributed by atoms with Crippen LogP contribution in [-0.4, -0.2) is 19.5 Å². The third kappa shape index (κ3) is 1.13. The van der Waals surface area contributed by atoms with Crippen LogP contribution in [0.1, 0.15) is 17.1 Å². The number of hydrogen-bond acceptors (Lipinski definition) is 4. The van der Waals surface area contributed by atoms with Gasteiger partial charge >= 0.3 is 0 Å². The molecule has 14 heavy (non-hydrogen) atoms. The summed E-state index contributed by atoms with van der Waals surface area (Å²) in [5.41, 5.74) is 2.40. The van der Waals surface area contributed by atoms with Crippen LogP contribution in [-0.2, 0) is 6.61 Å². The molecule has 0 atom stereocenters. The van der Waals surface area contributed by atoms with Gasteiger partial charge in [0.05, 0.1) is 24.2 Å². The normalized spacial score (nSPS) is 10.4. The number of nitriles is 1. The Morgan fingerprint density at radius 1 is 1.64 bits per heavy atom. The van der Waals surface area contributed by atoms with Crippen molar-refractivity contribution in [2.45, 2.75) is 13.5 Å². The van der Waals surface area contributed by atoms with E-state index in [1.54, 1.807) is 10.6 Å². The van der Waals surface area contributed by atoms with E-state index in [0.717, 1.165) is 5.69 Å². The maximum absolute atomic E-state index is 9.10. The van der Waals surface area contributed by atoms with Crippen LogP contribution in [0.4, 0.5) is 0 Å². The summed E-state index contributed by atoms with van der Waals surface area (Å²) in [5, 5.41) is 17.8. The van der Waals surface area contributed by atoms with E-state index < -0.39 is 0 Å². The van der Waals surface area contributed by atoms with Crippen molar-refractivity contribution in [2.24, 2.45) is 0 Å². The lowest BCUT2D eigenvalue weighted by Gasteiger charge is -1.97. The molecule has 0 aliphatic rings. The Bertz CT molecular complexity index is 523. The Labute approximate surface area is 80.3 Å². The molecule has 0 aliphatic carbocycles. The highest BCUT2D eigenvalue weighted by Gasteiger charge is 2.07. The van der Waals surface area contributed by atoms with Crippen LogP contribution in [0, 0.1) is 18.3 Å². The van der Waals surface area contributed by atoms with Gasteiger partial charge in [-0.25, -0.2) is 9.97 Å². The van der Waals surface area contributed by atoms with E-state index in [-0.39, 0.29) is 6.61 Å². The third-order valence-electron chi connectivity index (χ3n) is 2.07. The SMILES string of the molecule is Cc1nc2cnc(C#N)cn2c1CO. The van der Waals surface area contributed by atoms with Gasteiger partial charge in [0.25, 0.3) is 0 Å². The lowest BCUT2D eigenvalue weighted by molar-refractivity contribution is 0.275. The molecule has 2 rings (SSSR count). The molecule has 1 N–H and O–H groups in total. The number of aliphatic hydroxyl groups excluding tert-OH is 1. The van der Waals surface area contributed by atoms with Crippen LogP contribution in [0.25, 0.3) is 5.65 Å². The van der Waals surface area contributed by atoms with E-state index in [1.165, 1.54) is 6.20 Å². The molecule has 0 aromatic carbocycles. The van der Waals surface area contributed by atoms with Crippen molar-refractivity contribution >= 4 is 5.65 Å². The van der Waals surface area contributed by atoms with Crippen LogP contribution in [0.5, 0.6) is 0 Å². The van der Waals surface area contributed by atoms with Gasteiger partial charge in [-0.3, -0.25) is 4.40 Å². The number of aryl methyl sites for hydroxylation is 1. The third-order valence-corrected chi connectivity index (χ3v) is 2.07. The van der Waals surface area contributed by atoms with Gasteiger partial charge in [-0.05, 0) is 6.92 Å². The van der Waals surface area contributed by atoms with Crippen molar-refractivity contribution < 1.29 is 5.11 Å². The minimum atomic E-state index is -0.0954. The number of fused-ring (bicyclic) bond motifs is 1. The zero-order valence-corrected chi connectivity index (χ0v) is 7.60. The number of aromatic nitrogens is 3. The number of hydrogen-bond donors (Lipinski definition) is 1. The summed E-state index contributed by atoms with van der Waals surface area (Å²) in [6.45, 7) is 1.71. The predicted octanol–water partition coefficient (Wildman–Crippen LogP) is 0.402. The number of imidazole rings is 1. The second kappa shape index (κ2) is 3.09. The summed E-state index contributed by atoms with van der Waals surface area (Å²) >= 11 is 0. The van der Waals surface area contributed by atoms with E-state index >= 15 is 0 Å². The van der Waals surface area contributed by atoms with E-state index in [1.807, 2.05) is 13.0 Å². The van der Waals surface area contributed by atoms with Crippen molar-refractivity contribution in [3.05, 3.63) is 29.5 Å². The van der Waals surface area contributed by atoms with E-state index in [2.05, 4.69) is 9.97 Å². The molecule has 5 nitrogen and oxygen atoms in total. The Balaban J connectivity index is 2.79. The average molecular weight is 188 g/mol. The molecule has 0 amide bonds. The highest BCUT2D eigenvalue weighted by atomic mass is 16.3. The molecule has 0 saturated heterocycles. The van der Waals surface area contributed by atoms with Gasteiger partial charge in [0.15, 0.2) is 11.3 Å². The van der Waals surface area contributed by atoms with E-state index in [9.17, 15) is 0 Å². The van der Waals surface area contributed by atoms with Crippen LogP contribution in [0.2, 0.25) is 0 Å². The maximum Gasteiger partial charge on any atom is 0.157 e. The van der Waals surface area contributed by atoms with Gasteiger partial charge in [0.2, 0.25) is 0 Å². The molecule has 0 unspecified atom stereocenters. The van der Waals surface area contributed by atoms with Gasteiger partial charge in [0, 0.05) is 6.20 Å². The first-order valence-corrected chi connectivity index (χ1v) is 4.11. The lowest BCUT2D eigenvalue weighted by Crippen LogP contribution is -1.96. The van der Waals surface area contributed by atoms with Crippen LogP contribution >= 0.6 is 0 Å². The summed E-state index contributed by atoms with van der Waals surface area (Å²) in [4.78, 5) is 8.08. The smallest absolute Gasteiger partial charge is 0.157 e. The van der Waals surface area contributed by atoms with Crippen molar-refractivity contribution in [2.75, 3.05) is 0 Å². The predicted molar refractivity (Wildman–Crippen MR) is 48.4 cm³/mol. The number of rotatable bonds is 1. The fraction of sp³-hybridized carbons (Fsp3) is 0.222. The van der Waals surface area contributed by atoms with E-state index in [4.69, 9.17) is 10.4 Å². The molecule has 70 valence electrons. The zero-order chi connectivity index (χ0) is 10.1. The fourth-order valence-corrected chi connectivity index (χ4v) is 1.37. The molecular weight excluding hydrogens is 180 g/mol. The summed E-state index contributed by atoms with van der Waals surface area (Å²) in [5.74, 6) is 0. The second-order valence-electron chi connectivity index (χ2n) is 2.91. The molecule has 0 bridgehead atoms. The first-order chi connectivity index (χ1) is 6.76. The number of nitrogens with zero attached hydrogens (tertiary/aromatic N) is 4. The Morgan fingerprint density at radius 2 is 2.43 bits per heavy atom. The van der Waals surface area contributed by atoms with Crippen molar-refractivity contribution in [3.63, 3.8) is 0 Å². The highest BCUT2D eigenvalue weighted by Crippen LogP contribution is 2.11. The molecule has 0 radical (unpaired) electrons. The summed E-state index contributed by atoms with van der Waals surface area (Å²) in [6, 6.07) is 1.94. The standard InChI is InChI=1S/C9H8N4O/c1-6-8(5-14)13-4-7(2-10)11-3-9(13)12-6/h3-4,14H,5H2,1H3. The van der Waals surface area contributed by atoms with Crippen molar-refractivity contribution in [1.82, 2.24) is 14.4 Å². The molecule has 0 fully saturated rings. The molecule has 2 heterocycles. The van der Waals surface area contributed by atoms with Gasteiger partial charge in [0.1, 0.15) is 6.07 Å². The van der Waals surface area contributed by atoms with Gasteiger partial charge in [-0.15, -0.1) is 0 Å². The fourth-order valence-electron chi connectivity index (χ4n) is 1.37. The maximum atomic E-state index is 9.10. The molecule has 0 aliphatic heterocycles. The Kier molecular flexibility index (Phi) is 1.91. The molecule has 0 saturated carbocycles. The quantitative estimate of drug-likeness (QED) is 0.703. The lowest BCUT2D eigenvalue weighted by atomic mass is 10.3. The molecule has 2 aromatic heterocycles. The highest BCUT2D eigenvalue weighted by molar-refractivity contribution is 5.42. The Morgan fingerprint density at radius 3 is 3.07 bits per heavy atom. The monoisotopic (exact) mass is 188 g/mol. The first kappa shape index (κ1) is 8.66. The Hall–Kier alpha value is -1.93. The van der Waals surface area contributed by atoms with E-state index in [0.29, 0.717) is 17.0 Å². The minimum absolute atomic E-state index is 0.0954. The molecule has 2 aromatic rings. The van der Waals surface area contributed by atoms with Gasteiger partial charge < -0.3 is 5.11 Å². The average Bonchev–Trinajstić information content (AvgIpc) is 2.52. The number of aliphatic hydroxyl groups is 1. The summed E-state index contributed by atoms with van der Waals surface area (Å²) < 4.78 is 1.68. The second-order valence-corrected chi connectivity index (χ2v) is 2.91. The van der Waals surface area contributed by atoms with Crippen molar-refractivity contribution in [1.29, 1.82) is 5.26 Å². The minimum Gasteiger partial charge on any atom is -0.390 e. The van der Waals surface area contributed by atoms with Crippen molar-refractivity contribution in [3.8, 4) is 6.07 Å². The van der Waals surface area contributed by atoms with Crippen LogP contribution < -0.4 is 0 Å². The largest absolute Gasteiger partial charge is 0.390 e. The molecule has 5 heteroatoms. The molecular formula is C9H8N4O. The summed E-state index contributed by atoms with van der Waals surface area (Å²) in [6.07, 6.45) is 3.09. The van der Waals surface area contributed by atoms with Gasteiger partial charge in [-0.2, -0.15) is 5.26 Å². The zero-order valence-electron chi connectivity index (χ0n) is 7.60.